The number of aryl methyl sites for hydroxylation is 1. The summed E-state index contributed by atoms with van der Waals surface area (Å²) in [6, 6.07) is 22.3. The van der Waals surface area contributed by atoms with Gasteiger partial charge in [-0.05, 0) is 54.4 Å². The van der Waals surface area contributed by atoms with Gasteiger partial charge in [0.05, 0.1) is 4.90 Å². The van der Waals surface area contributed by atoms with Gasteiger partial charge in [-0.2, -0.15) is 0 Å². The first-order valence-electron chi connectivity index (χ1n) is 8.46. The topological polar surface area (TPSA) is 75.3 Å². The van der Waals surface area contributed by atoms with Crippen LogP contribution in [0.1, 0.15) is 21.5 Å². The third-order valence-corrected chi connectivity index (χ3v) is 5.55. The van der Waals surface area contributed by atoms with E-state index in [1.54, 1.807) is 42.5 Å². The maximum absolute atomic E-state index is 12.3. The van der Waals surface area contributed by atoms with Crippen molar-refractivity contribution in [3.63, 3.8) is 0 Å². The molecule has 0 atom stereocenters. The Morgan fingerprint density at radius 3 is 2.15 bits per heavy atom. The molecule has 0 aliphatic heterocycles. The van der Waals surface area contributed by atoms with E-state index in [0.717, 1.165) is 11.1 Å². The zero-order chi connectivity index (χ0) is 19.3. The van der Waals surface area contributed by atoms with Crippen LogP contribution in [0, 0.1) is 6.92 Å². The quantitative estimate of drug-likeness (QED) is 0.684. The van der Waals surface area contributed by atoms with E-state index in [4.69, 9.17) is 0 Å². The highest BCUT2D eigenvalue weighted by Gasteiger charge is 2.14. The first-order chi connectivity index (χ1) is 13.0. The molecule has 6 heteroatoms. The molecule has 0 heterocycles. The van der Waals surface area contributed by atoms with Gasteiger partial charge in [0.25, 0.3) is 15.9 Å². The van der Waals surface area contributed by atoms with E-state index in [1.165, 1.54) is 12.1 Å². The summed E-state index contributed by atoms with van der Waals surface area (Å²) in [6.07, 6.45) is 0. The van der Waals surface area contributed by atoms with E-state index in [-0.39, 0.29) is 10.8 Å². The number of benzene rings is 3. The summed E-state index contributed by atoms with van der Waals surface area (Å²) in [4.78, 5) is 12.5. The van der Waals surface area contributed by atoms with Crippen LogP contribution in [0.2, 0.25) is 0 Å². The first kappa shape index (κ1) is 18.7. The van der Waals surface area contributed by atoms with Crippen LogP contribution in [0.25, 0.3) is 0 Å². The normalized spacial score (nSPS) is 11.0. The average molecular weight is 380 g/mol. The van der Waals surface area contributed by atoms with Gasteiger partial charge in [-0.25, -0.2) is 8.42 Å². The molecule has 0 unspecified atom stereocenters. The van der Waals surface area contributed by atoms with Crippen LogP contribution in [0.5, 0.6) is 0 Å². The SMILES string of the molecule is Cc1ccccc1CNC(=O)c1ccc(NS(=O)(=O)c2ccccc2)cc1. The molecule has 0 bridgehead atoms. The van der Waals surface area contributed by atoms with Crippen molar-refractivity contribution < 1.29 is 13.2 Å². The zero-order valence-corrected chi connectivity index (χ0v) is 15.7. The molecule has 3 rings (SSSR count). The highest BCUT2D eigenvalue weighted by molar-refractivity contribution is 7.92. The number of nitrogens with one attached hydrogen (secondary N) is 2. The van der Waals surface area contributed by atoms with E-state index < -0.39 is 10.0 Å². The van der Waals surface area contributed by atoms with Gasteiger partial charge in [-0.1, -0.05) is 42.5 Å². The summed E-state index contributed by atoms with van der Waals surface area (Å²) >= 11 is 0. The molecule has 0 aromatic heterocycles. The molecular weight excluding hydrogens is 360 g/mol. The molecule has 0 fully saturated rings. The van der Waals surface area contributed by atoms with Crippen LogP contribution in [-0.4, -0.2) is 14.3 Å². The van der Waals surface area contributed by atoms with Gasteiger partial charge < -0.3 is 5.32 Å². The van der Waals surface area contributed by atoms with Crippen molar-refractivity contribution in [1.82, 2.24) is 5.32 Å². The minimum atomic E-state index is -3.65. The lowest BCUT2D eigenvalue weighted by Gasteiger charge is -2.10. The maximum Gasteiger partial charge on any atom is 0.261 e. The third-order valence-electron chi connectivity index (χ3n) is 4.15. The fourth-order valence-electron chi connectivity index (χ4n) is 2.59. The molecule has 2 N–H and O–H groups in total. The van der Waals surface area contributed by atoms with Gasteiger partial charge in [0.1, 0.15) is 0 Å². The summed E-state index contributed by atoms with van der Waals surface area (Å²) in [5.41, 5.74) is 3.03. The predicted octanol–water partition coefficient (Wildman–Crippen LogP) is 3.73. The van der Waals surface area contributed by atoms with Crippen molar-refractivity contribution in [2.24, 2.45) is 0 Å². The fourth-order valence-corrected chi connectivity index (χ4v) is 3.67. The molecule has 0 aliphatic rings. The Hall–Kier alpha value is -3.12. The number of rotatable bonds is 6. The highest BCUT2D eigenvalue weighted by atomic mass is 32.2. The number of amides is 1. The number of hydrogen-bond donors (Lipinski definition) is 2. The van der Waals surface area contributed by atoms with E-state index in [0.29, 0.717) is 17.8 Å². The second-order valence-electron chi connectivity index (χ2n) is 6.11. The fraction of sp³-hybridized carbons (Fsp3) is 0.0952. The van der Waals surface area contributed by atoms with Gasteiger partial charge in [0.15, 0.2) is 0 Å². The van der Waals surface area contributed by atoms with Gasteiger partial charge in [-0.3, -0.25) is 9.52 Å². The lowest BCUT2D eigenvalue weighted by atomic mass is 10.1. The number of carbonyl (C=O) groups is 1. The standard InChI is InChI=1S/C21H20N2O3S/c1-16-7-5-6-8-18(16)15-22-21(24)17-11-13-19(14-12-17)23-27(25,26)20-9-3-2-4-10-20/h2-14,23H,15H2,1H3,(H,22,24). The minimum Gasteiger partial charge on any atom is -0.348 e. The lowest BCUT2D eigenvalue weighted by Crippen LogP contribution is -2.23. The number of carbonyl (C=O) groups excluding carboxylic acids is 1. The van der Waals surface area contributed by atoms with Crippen molar-refractivity contribution in [3.8, 4) is 0 Å². The van der Waals surface area contributed by atoms with Crippen molar-refractivity contribution >= 4 is 21.6 Å². The second kappa shape index (κ2) is 8.05. The van der Waals surface area contributed by atoms with Crippen LogP contribution in [0.4, 0.5) is 5.69 Å². The van der Waals surface area contributed by atoms with Crippen LogP contribution in [0.15, 0.2) is 83.8 Å². The monoisotopic (exact) mass is 380 g/mol. The molecule has 138 valence electrons. The maximum atomic E-state index is 12.3. The predicted molar refractivity (Wildman–Crippen MR) is 106 cm³/mol. The van der Waals surface area contributed by atoms with Crippen LogP contribution < -0.4 is 10.0 Å². The number of sulfonamides is 1. The molecule has 3 aromatic rings. The van der Waals surface area contributed by atoms with E-state index >= 15 is 0 Å². The average Bonchev–Trinajstić information content (AvgIpc) is 2.68. The van der Waals surface area contributed by atoms with E-state index in [2.05, 4.69) is 10.0 Å². The second-order valence-corrected chi connectivity index (χ2v) is 7.79. The third kappa shape index (κ3) is 4.74. The highest BCUT2D eigenvalue weighted by Crippen LogP contribution is 2.16. The summed E-state index contributed by atoms with van der Waals surface area (Å²) in [5.74, 6) is -0.212. The van der Waals surface area contributed by atoms with Crippen LogP contribution >= 0.6 is 0 Å². The van der Waals surface area contributed by atoms with Gasteiger partial charge in [0.2, 0.25) is 0 Å². The molecule has 0 saturated carbocycles. The Balaban J connectivity index is 1.65. The molecule has 0 aliphatic carbocycles. The largest absolute Gasteiger partial charge is 0.348 e. The van der Waals surface area contributed by atoms with Crippen molar-refractivity contribution in [2.45, 2.75) is 18.4 Å². The smallest absolute Gasteiger partial charge is 0.261 e. The molecule has 1 amide bonds. The van der Waals surface area contributed by atoms with Gasteiger partial charge in [0, 0.05) is 17.8 Å². The van der Waals surface area contributed by atoms with Crippen LogP contribution in [-0.2, 0) is 16.6 Å². The van der Waals surface area contributed by atoms with E-state index in [9.17, 15) is 13.2 Å². The lowest BCUT2D eigenvalue weighted by molar-refractivity contribution is 0.0951. The number of hydrogen-bond acceptors (Lipinski definition) is 3. The Kier molecular flexibility index (Phi) is 5.57. The Labute approximate surface area is 159 Å². The Morgan fingerprint density at radius 1 is 0.852 bits per heavy atom. The zero-order valence-electron chi connectivity index (χ0n) is 14.8. The minimum absolute atomic E-state index is 0.185. The summed E-state index contributed by atoms with van der Waals surface area (Å²) in [5, 5.41) is 2.87. The van der Waals surface area contributed by atoms with Crippen molar-refractivity contribution in [2.75, 3.05) is 4.72 Å². The molecule has 0 saturated heterocycles. The van der Waals surface area contributed by atoms with Crippen LogP contribution in [0.3, 0.4) is 0 Å². The Morgan fingerprint density at radius 2 is 1.48 bits per heavy atom. The summed E-state index contributed by atoms with van der Waals surface area (Å²) in [7, 11) is -3.65. The molecular formula is C21H20N2O3S. The summed E-state index contributed by atoms with van der Waals surface area (Å²) in [6.45, 7) is 2.43. The van der Waals surface area contributed by atoms with Crippen molar-refractivity contribution in [1.29, 1.82) is 0 Å². The summed E-state index contributed by atoms with van der Waals surface area (Å²) < 4.78 is 27.1. The Bertz CT molecular complexity index is 1030. The number of anilines is 1. The van der Waals surface area contributed by atoms with Gasteiger partial charge in [-0.15, -0.1) is 0 Å². The molecule has 5 nitrogen and oxygen atoms in total. The van der Waals surface area contributed by atoms with Gasteiger partial charge >= 0.3 is 0 Å². The van der Waals surface area contributed by atoms with E-state index in [1.807, 2.05) is 31.2 Å². The first-order valence-corrected chi connectivity index (χ1v) is 9.95. The molecule has 27 heavy (non-hydrogen) atoms. The van der Waals surface area contributed by atoms with Crippen molar-refractivity contribution in [3.05, 3.63) is 95.6 Å². The molecule has 0 spiro atoms. The molecule has 3 aromatic carbocycles. The molecule has 0 radical (unpaired) electrons.